The number of carbonyl (C=O) groups excluding carboxylic acids is 1. The fourth-order valence-electron chi connectivity index (χ4n) is 5.34. The molecule has 1 aliphatic rings. The molecule has 0 saturated heterocycles. The molecule has 0 fully saturated rings. The van der Waals surface area contributed by atoms with E-state index < -0.39 is 0 Å². The number of ether oxygens (including phenoxy) is 2. The monoisotopic (exact) mass is 552 g/mol. The van der Waals surface area contributed by atoms with Crippen LogP contribution in [0.5, 0.6) is 17.2 Å². The zero-order valence-electron chi connectivity index (χ0n) is 23.4. The van der Waals surface area contributed by atoms with Crippen molar-refractivity contribution in [3.8, 4) is 17.2 Å². The zero-order valence-corrected chi connectivity index (χ0v) is 23.4. The summed E-state index contributed by atoms with van der Waals surface area (Å²) in [4.78, 5) is 16.6. The van der Waals surface area contributed by atoms with E-state index in [0.717, 1.165) is 65.5 Å². The molecule has 0 radical (unpaired) electrons. The molecular formula is C33H36N4O4. The number of guanidine groups is 1. The number of benzene rings is 4. The maximum atomic E-state index is 12.6. The number of anilines is 1. The SMILES string of the molecule is Cc1c2c(c3ccccc3c1O)OC(C)(CCCCOc1ccc(NC(=O)c3cccc(N=C(N)N)c3)cc1)CC2. The van der Waals surface area contributed by atoms with Gasteiger partial charge in [-0.25, -0.2) is 4.99 Å². The fraction of sp³-hybridized carbons (Fsp3) is 0.273. The number of hydrogen-bond acceptors (Lipinski definition) is 5. The molecule has 0 aromatic heterocycles. The zero-order chi connectivity index (χ0) is 29.0. The molecule has 41 heavy (non-hydrogen) atoms. The van der Waals surface area contributed by atoms with E-state index in [-0.39, 0.29) is 17.5 Å². The van der Waals surface area contributed by atoms with Gasteiger partial charge in [0, 0.05) is 27.6 Å². The van der Waals surface area contributed by atoms with Gasteiger partial charge in [-0.2, -0.15) is 0 Å². The summed E-state index contributed by atoms with van der Waals surface area (Å²) in [7, 11) is 0. The summed E-state index contributed by atoms with van der Waals surface area (Å²) in [5, 5.41) is 15.4. The predicted octanol–water partition coefficient (Wildman–Crippen LogP) is 6.34. The quantitative estimate of drug-likeness (QED) is 0.109. The maximum absolute atomic E-state index is 12.6. The summed E-state index contributed by atoms with van der Waals surface area (Å²) in [5.74, 6) is 1.69. The molecule has 6 N–H and O–H groups in total. The largest absolute Gasteiger partial charge is 0.507 e. The van der Waals surface area contributed by atoms with Crippen molar-refractivity contribution in [2.24, 2.45) is 16.5 Å². The van der Waals surface area contributed by atoms with Crippen LogP contribution in [0, 0.1) is 6.92 Å². The van der Waals surface area contributed by atoms with Crippen molar-refractivity contribution < 1.29 is 19.4 Å². The Morgan fingerprint density at radius 3 is 2.56 bits per heavy atom. The number of hydrogen-bond donors (Lipinski definition) is 4. The molecule has 0 spiro atoms. The third kappa shape index (κ3) is 6.38. The number of rotatable bonds is 9. The number of nitrogens with two attached hydrogens (primary N) is 2. The van der Waals surface area contributed by atoms with Gasteiger partial charge in [-0.1, -0.05) is 30.3 Å². The van der Waals surface area contributed by atoms with E-state index in [1.165, 1.54) is 0 Å². The van der Waals surface area contributed by atoms with Crippen molar-refractivity contribution in [3.63, 3.8) is 0 Å². The smallest absolute Gasteiger partial charge is 0.255 e. The van der Waals surface area contributed by atoms with Crippen molar-refractivity contribution in [1.82, 2.24) is 0 Å². The number of phenols is 1. The molecule has 4 aromatic carbocycles. The second kappa shape index (κ2) is 11.8. The summed E-state index contributed by atoms with van der Waals surface area (Å²) >= 11 is 0. The van der Waals surface area contributed by atoms with Gasteiger partial charge in [0.1, 0.15) is 22.8 Å². The molecule has 0 aliphatic carbocycles. The Labute approximate surface area is 240 Å². The first-order valence-corrected chi connectivity index (χ1v) is 13.9. The van der Waals surface area contributed by atoms with Crippen molar-refractivity contribution in [3.05, 3.63) is 89.5 Å². The number of aliphatic imine (C=N–C) groups is 1. The van der Waals surface area contributed by atoms with Crippen molar-refractivity contribution in [1.29, 1.82) is 0 Å². The second-order valence-corrected chi connectivity index (χ2v) is 10.7. The third-order valence-corrected chi connectivity index (χ3v) is 7.61. The van der Waals surface area contributed by atoms with Crippen LogP contribution in [0.2, 0.25) is 0 Å². The summed E-state index contributed by atoms with van der Waals surface area (Å²) in [6.45, 7) is 4.74. The van der Waals surface area contributed by atoms with Gasteiger partial charge in [-0.3, -0.25) is 4.79 Å². The Balaban J connectivity index is 1.10. The second-order valence-electron chi connectivity index (χ2n) is 10.7. The first-order valence-electron chi connectivity index (χ1n) is 13.9. The molecule has 0 saturated carbocycles. The highest BCUT2D eigenvalue weighted by molar-refractivity contribution is 6.04. The van der Waals surface area contributed by atoms with Crippen molar-refractivity contribution in [2.45, 2.75) is 51.6 Å². The average molecular weight is 553 g/mol. The molecule has 1 unspecified atom stereocenters. The van der Waals surface area contributed by atoms with Gasteiger partial charge in [-0.05, 0) is 94.0 Å². The molecular weight excluding hydrogens is 516 g/mol. The number of carbonyl (C=O) groups is 1. The lowest BCUT2D eigenvalue weighted by Crippen LogP contribution is -2.36. The van der Waals surface area contributed by atoms with Crippen LogP contribution < -0.4 is 26.3 Å². The van der Waals surface area contributed by atoms with Crippen molar-refractivity contribution >= 4 is 34.0 Å². The number of amides is 1. The summed E-state index contributed by atoms with van der Waals surface area (Å²) < 4.78 is 12.6. The van der Waals surface area contributed by atoms with Gasteiger partial charge in [-0.15, -0.1) is 0 Å². The highest BCUT2D eigenvalue weighted by atomic mass is 16.5. The number of nitrogens with one attached hydrogen (secondary N) is 1. The molecule has 1 heterocycles. The summed E-state index contributed by atoms with van der Waals surface area (Å²) in [6, 6.07) is 22.0. The molecule has 212 valence electrons. The van der Waals surface area contributed by atoms with Gasteiger partial charge in [0.15, 0.2) is 5.96 Å². The van der Waals surface area contributed by atoms with E-state index in [4.69, 9.17) is 20.9 Å². The summed E-state index contributed by atoms with van der Waals surface area (Å²) in [5.41, 5.74) is 14.2. The molecule has 1 atom stereocenters. The van der Waals surface area contributed by atoms with Crippen LogP contribution >= 0.6 is 0 Å². The van der Waals surface area contributed by atoms with Crippen LogP contribution in [0.1, 0.15) is 54.1 Å². The van der Waals surface area contributed by atoms with E-state index in [9.17, 15) is 9.90 Å². The molecule has 8 heteroatoms. The Morgan fingerprint density at radius 1 is 1.05 bits per heavy atom. The Bertz CT molecular complexity index is 1600. The average Bonchev–Trinajstić information content (AvgIpc) is 2.96. The lowest BCUT2D eigenvalue weighted by molar-refractivity contribution is 0.0542. The first-order chi connectivity index (χ1) is 19.7. The topological polar surface area (TPSA) is 132 Å². The van der Waals surface area contributed by atoms with Crippen LogP contribution in [0.25, 0.3) is 10.8 Å². The minimum absolute atomic E-state index is 0.0638. The van der Waals surface area contributed by atoms with Gasteiger partial charge < -0.3 is 31.4 Å². The van der Waals surface area contributed by atoms with Gasteiger partial charge >= 0.3 is 0 Å². The van der Waals surface area contributed by atoms with Gasteiger partial charge in [0.2, 0.25) is 0 Å². The van der Waals surface area contributed by atoms with E-state index >= 15 is 0 Å². The van der Waals surface area contributed by atoms with Crippen LogP contribution in [-0.4, -0.2) is 29.2 Å². The number of nitrogens with zero attached hydrogens (tertiary/aromatic N) is 1. The van der Waals surface area contributed by atoms with Crippen LogP contribution in [0.4, 0.5) is 11.4 Å². The number of aromatic hydroxyl groups is 1. The van der Waals surface area contributed by atoms with Crippen LogP contribution in [0.15, 0.2) is 77.8 Å². The molecule has 4 aromatic rings. The lowest BCUT2D eigenvalue weighted by atomic mass is 9.85. The van der Waals surface area contributed by atoms with E-state index in [0.29, 0.717) is 29.3 Å². The fourth-order valence-corrected chi connectivity index (χ4v) is 5.34. The Hall–Kier alpha value is -4.72. The molecule has 1 aliphatic heterocycles. The molecule has 5 rings (SSSR count). The van der Waals surface area contributed by atoms with Gasteiger partial charge in [0.25, 0.3) is 5.91 Å². The highest BCUT2D eigenvalue weighted by Crippen LogP contribution is 2.46. The Kier molecular flexibility index (Phi) is 8.01. The third-order valence-electron chi connectivity index (χ3n) is 7.61. The molecule has 0 bridgehead atoms. The predicted molar refractivity (Wildman–Crippen MR) is 163 cm³/mol. The minimum Gasteiger partial charge on any atom is -0.507 e. The standard InChI is InChI=1S/C33H36N4O4/c1-21-26-16-18-33(2,41-30(26)28-11-4-3-10-27(28)29(21)38)17-5-6-19-40-25-14-12-23(13-15-25)36-31(39)22-8-7-9-24(20-22)37-32(34)35/h3-4,7-15,20,38H,5-6,16-19H2,1-2H3,(H,36,39)(H4,34,35,37). The maximum Gasteiger partial charge on any atom is 0.255 e. The van der Waals surface area contributed by atoms with Crippen LogP contribution in [-0.2, 0) is 6.42 Å². The first kappa shape index (κ1) is 27.8. The number of fused-ring (bicyclic) bond motifs is 3. The normalized spacial score (nSPS) is 16.0. The van der Waals surface area contributed by atoms with Crippen molar-refractivity contribution in [2.75, 3.05) is 11.9 Å². The highest BCUT2D eigenvalue weighted by Gasteiger charge is 2.33. The molecule has 8 nitrogen and oxygen atoms in total. The lowest BCUT2D eigenvalue weighted by Gasteiger charge is -2.37. The van der Waals surface area contributed by atoms with E-state index in [1.54, 1.807) is 24.3 Å². The van der Waals surface area contributed by atoms with Gasteiger partial charge in [0.05, 0.1) is 12.3 Å². The number of phenolic OH excluding ortho intramolecular Hbond substituents is 1. The van der Waals surface area contributed by atoms with E-state index in [1.807, 2.05) is 55.5 Å². The van der Waals surface area contributed by atoms with E-state index in [2.05, 4.69) is 17.2 Å². The minimum atomic E-state index is -0.262. The Morgan fingerprint density at radius 2 is 1.80 bits per heavy atom. The van der Waals surface area contributed by atoms with Crippen LogP contribution in [0.3, 0.4) is 0 Å². The summed E-state index contributed by atoms with van der Waals surface area (Å²) in [6.07, 6.45) is 4.57. The molecule has 1 amide bonds. The number of unbranched alkanes of at least 4 members (excludes halogenated alkanes) is 1.